The standard InChI is InChI=1S/C22H25F2N5O/c1-13-10-28(11-14-5-4-8-18(23)19(14)24)12-17(13)20-26-21-16(22(30)27-20)9-25-29(21)15-6-2-3-7-15/h4-5,8-9,13,15,17H,2-3,6-7,10-12H2,1H3,(H,26,27,30)/t13-,17-/m1/s1. The van der Waals surface area contributed by atoms with E-state index < -0.39 is 11.6 Å². The van der Waals surface area contributed by atoms with Crippen molar-refractivity contribution in [3.05, 3.63) is 57.8 Å². The second kappa shape index (κ2) is 7.58. The van der Waals surface area contributed by atoms with E-state index in [4.69, 9.17) is 4.98 Å². The highest BCUT2D eigenvalue weighted by Crippen LogP contribution is 2.33. The van der Waals surface area contributed by atoms with E-state index in [1.807, 2.05) is 4.68 Å². The Morgan fingerprint density at radius 2 is 2.00 bits per heavy atom. The van der Waals surface area contributed by atoms with Gasteiger partial charge in [-0.25, -0.2) is 18.4 Å². The molecule has 1 saturated carbocycles. The SMILES string of the molecule is C[C@@H]1CN(Cc2cccc(F)c2F)C[C@H]1c1nc2c(cnn2C2CCCC2)c(=O)[nH]1. The Bertz CT molecular complexity index is 1130. The zero-order valence-electron chi connectivity index (χ0n) is 16.9. The lowest BCUT2D eigenvalue weighted by Crippen LogP contribution is -2.22. The number of nitrogens with zero attached hydrogens (tertiary/aromatic N) is 4. The van der Waals surface area contributed by atoms with Crippen molar-refractivity contribution in [1.82, 2.24) is 24.6 Å². The third kappa shape index (κ3) is 3.33. The van der Waals surface area contributed by atoms with Crippen molar-refractivity contribution in [3.63, 3.8) is 0 Å². The third-order valence-corrected chi connectivity index (χ3v) is 6.62. The van der Waals surface area contributed by atoms with Gasteiger partial charge in [-0.2, -0.15) is 5.10 Å². The normalized spacial score (nSPS) is 23.0. The summed E-state index contributed by atoms with van der Waals surface area (Å²) in [7, 11) is 0. The summed E-state index contributed by atoms with van der Waals surface area (Å²) in [6.07, 6.45) is 6.09. The lowest BCUT2D eigenvalue weighted by Gasteiger charge is -2.17. The maximum atomic E-state index is 14.1. The molecule has 0 spiro atoms. The second-order valence-electron chi connectivity index (χ2n) is 8.71. The van der Waals surface area contributed by atoms with Crippen molar-refractivity contribution in [3.8, 4) is 0 Å². The predicted molar refractivity (Wildman–Crippen MR) is 109 cm³/mol. The molecule has 1 N–H and O–H groups in total. The summed E-state index contributed by atoms with van der Waals surface area (Å²) in [4.78, 5) is 22.6. The minimum absolute atomic E-state index is 0.0191. The summed E-state index contributed by atoms with van der Waals surface area (Å²) in [5.41, 5.74) is 0.836. The lowest BCUT2D eigenvalue weighted by molar-refractivity contribution is 0.310. The minimum Gasteiger partial charge on any atom is -0.310 e. The van der Waals surface area contributed by atoms with E-state index in [0.717, 1.165) is 25.5 Å². The summed E-state index contributed by atoms with van der Waals surface area (Å²) in [5, 5.41) is 4.98. The molecule has 1 aliphatic heterocycles. The highest BCUT2D eigenvalue weighted by molar-refractivity contribution is 5.73. The van der Waals surface area contributed by atoms with Crippen LogP contribution in [0.1, 0.15) is 56.0 Å². The van der Waals surface area contributed by atoms with E-state index in [1.165, 1.54) is 18.9 Å². The van der Waals surface area contributed by atoms with Crippen LogP contribution >= 0.6 is 0 Å². The van der Waals surface area contributed by atoms with Crippen LogP contribution in [0.3, 0.4) is 0 Å². The van der Waals surface area contributed by atoms with Crippen molar-refractivity contribution in [1.29, 1.82) is 0 Å². The Morgan fingerprint density at radius 1 is 1.20 bits per heavy atom. The monoisotopic (exact) mass is 413 g/mol. The smallest absolute Gasteiger partial charge is 0.262 e. The van der Waals surface area contributed by atoms with Gasteiger partial charge in [0.15, 0.2) is 17.3 Å². The lowest BCUT2D eigenvalue weighted by atomic mass is 9.97. The van der Waals surface area contributed by atoms with E-state index in [0.29, 0.717) is 41.6 Å². The Labute approximate surface area is 172 Å². The maximum Gasteiger partial charge on any atom is 0.262 e. The molecule has 30 heavy (non-hydrogen) atoms. The van der Waals surface area contributed by atoms with Crippen LogP contribution in [0.2, 0.25) is 0 Å². The number of nitrogens with one attached hydrogen (secondary N) is 1. The number of hydrogen-bond donors (Lipinski definition) is 1. The van der Waals surface area contributed by atoms with Gasteiger partial charge in [-0.1, -0.05) is 31.9 Å². The molecule has 158 valence electrons. The van der Waals surface area contributed by atoms with Crippen LogP contribution in [0.5, 0.6) is 0 Å². The number of fused-ring (bicyclic) bond motifs is 1. The maximum absolute atomic E-state index is 14.1. The molecular weight excluding hydrogens is 388 g/mol. The van der Waals surface area contributed by atoms with Gasteiger partial charge < -0.3 is 4.98 Å². The minimum atomic E-state index is -0.826. The fourth-order valence-electron chi connectivity index (χ4n) is 5.01. The first-order valence-electron chi connectivity index (χ1n) is 10.6. The van der Waals surface area contributed by atoms with Gasteiger partial charge in [-0.15, -0.1) is 0 Å². The van der Waals surface area contributed by atoms with Crippen molar-refractivity contribution >= 4 is 11.0 Å². The Kier molecular flexibility index (Phi) is 4.89. The molecule has 0 radical (unpaired) electrons. The van der Waals surface area contributed by atoms with E-state index in [9.17, 15) is 13.6 Å². The second-order valence-corrected chi connectivity index (χ2v) is 8.71. The number of hydrogen-bond acceptors (Lipinski definition) is 4. The molecule has 2 fully saturated rings. The van der Waals surface area contributed by atoms with Crippen LogP contribution < -0.4 is 5.56 Å². The predicted octanol–water partition coefficient (Wildman–Crippen LogP) is 3.75. The van der Waals surface area contributed by atoms with Crippen molar-refractivity contribution in [2.45, 2.75) is 51.1 Å². The first-order valence-corrected chi connectivity index (χ1v) is 10.6. The molecular formula is C22H25F2N5O. The Balaban J connectivity index is 1.43. The van der Waals surface area contributed by atoms with Gasteiger partial charge in [0.1, 0.15) is 11.2 Å². The molecule has 2 atom stereocenters. The summed E-state index contributed by atoms with van der Waals surface area (Å²) >= 11 is 0. The van der Waals surface area contributed by atoms with Crippen molar-refractivity contribution < 1.29 is 8.78 Å². The van der Waals surface area contributed by atoms with Crippen molar-refractivity contribution in [2.24, 2.45) is 5.92 Å². The van der Waals surface area contributed by atoms with Crippen LogP contribution in [-0.2, 0) is 6.54 Å². The quantitative estimate of drug-likeness (QED) is 0.708. The number of H-pyrrole nitrogens is 1. The molecule has 5 rings (SSSR count). The van der Waals surface area contributed by atoms with E-state index in [2.05, 4.69) is 21.9 Å². The van der Waals surface area contributed by atoms with Crippen LogP contribution in [0.15, 0.2) is 29.2 Å². The number of aromatic nitrogens is 4. The molecule has 1 saturated heterocycles. The van der Waals surface area contributed by atoms with Gasteiger partial charge in [0, 0.05) is 31.1 Å². The van der Waals surface area contributed by atoms with Gasteiger partial charge in [0.25, 0.3) is 5.56 Å². The molecule has 1 aromatic carbocycles. The average Bonchev–Trinajstić information content (AvgIpc) is 3.45. The molecule has 8 heteroatoms. The topological polar surface area (TPSA) is 66.8 Å². The first-order chi connectivity index (χ1) is 14.5. The van der Waals surface area contributed by atoms with Crippen LogP contribution in [0.25, 0.3) is 11.0 Å². The highest BCUT2D eigenvalue weighted by Gasteiger charge is 2.34. The summed E-state index contributed by atoms with van der Waals surface area (Å²) < 4.78 is 29.6. The number of aromatic amines is 1. The van der Waals surface area contributed by atoms with E-state index in [-0.39, 0.29) is 17.4 Å². The van der Waals surface area contributed by atoms with Gasteiger partial charge in [-0.05, 0) is 24.8 Å². The number of rotatable bonds is 4. The van der Waals surface area contributed by atoms with E-state index >= 15 is 0 Å². The van der Waals surface area contributed by atoms with Crippen LogP contribution in [0, 0.1) is 17.6 Å². The van der Waals surface area contributed by atoms with Crippen LogP contribution in [-0.4, -0.2) is 37.7 Å². The summed E-state index contributed by atoms with van der Waals surface area (Å²) in [5.74, 6) is -0.715. The number of likely N-dealkylation sites (tertiary alicyclic amines) is 1. The fourth-order valence-corrected chi connectivity index (χ4v) is 5.01. The number of halogens is 2. The zero-order chi connectivity index (χ0) is 20.8. The number of benzene rings is 1. The fraction of sp³-hybridized carbons (Fsp3) is 0.500. The highest BCUT2D eigenvalue weighted by atomic mass is 19.2. The first kappa shape index (κ1) is 19.4. The molecule has 0 amide bonds. The molecule has 3 aromatic rings. The van der Waals surface area contributed by atoms with Gasteiger partial charge in [-0.3, -0.25) is 9.69 Å². The van der Waals surface area contributed by atoms with Crippen molar-refractivity contribution in [2.75, 3.05) is 13.1 Å². The van der Waals surface area contributed by atoms with Gasteiger partial charge in [0.2, 0.25) is 0 Å². The molecule has 0 unspecified atom stereocenters. The van der Waals surface area contributed by atoms with E-state index in [1.54, 1.807) is 12.3 Å². The molecule has 0 bridgehead atoms. The third-order valence-electron chi connectivity index (χ3n) is 6.62. The van der Waals surface area contributed by atoms with Crippen LogP contribution in [0.4, 0.5) is 8.78 Å². The Hall–Kier alpha value is -2.61. The molecule has 6 nitrogen and oxygen atoms in total. The molecule has 1 aliphatic carbocycles. The largest absolute Gasteiger partial charge is 0.310 e. The Morgan fingerprint density at radius 3 is 2.80 bits per heavy atom. The summed E-state index contributed by atoms with van der Waals surface area (Å²) in [6.45, 7) is 3.79. The molecule has 3 heterocycles. The molecule has 2 aromatic heterocycles. The molecule has 2 aliphatic rings. The summed E-state index contributed by atoms with van der Waals surface area (Å²) in [6, 6.07) is 4.58. The van der Waals surface area contributed by atoms with Gasteiger partial charge in [0.05, 0.1) is 12.2 Å². The average molecular weight is 413 g/mol. The van der Waals surface area contributed by atoms with Gasteiger partial charge >= 0.3 is 0 Å². The zero-order valence-corrected chi connectivity index (χ0v) is 16.9.